The average Bonchev–Trinajstić information content (AvgIpc) is 2.82. The number of hydrogen-bond acceptors (Lipinski definition) is 4. The summed E-state index contributed by atoms with van der Waals surface area (Å²) in [6.45, 7) is 11.6. The minimum absolute atomic E-state index is 0.141. The molecule has 36 heavy (non-hydrogen) atoms. The highest BCUT2D eigenvalue weighted by atomic mass is 32.2. The summed E-state index contributed by atoms with van der Waals surface area (Å²) < 4.78 is 33.9. The van der Waals surface area contributed by atoms with E-state index in [0.29, 0.717) is 5.69 Å². The van der Waals surface area contributed by atoms with Crippen LogP contribution in [0.25, 0.3) is 0 Å². The molecule has 0 heterocycles. The van der Waals surface area contributed by atoms with E-state index in [1.165, 1.54) is 4.31 Å². The van der Waals surface area contributed by atoms with Crippen molar-refractivity contribution in [2.75, 3.05) is 18.0 Å². The predicted molar refractivity (Wildman–Crippen MR) is 145 cm³/mol. The molecule has 0 spiro atoms. The Labute approximate surface area is 215 Å². The lowest BCUT2D eigenvalue weighted by Crippen LogP contribution is -2.41. The van der Waals surface area contributed by atoms with Gasteiger partial charge in [0.25, 0.3) is 10.0 Å². The molecule has 0 fully saturated rings. The highest BCUT2D eigenvalue weighted by Crippen LogP contribution is 2.32. The van der Waals surface area contributed by atoms with Crippen molar-refractivity contribution in [1.29, 1.82) is 0 Å². The molecule has 0 bridgehead atoms. The summed E-state index contributed by atoms with van der Waals surface area (Å²) >= 11 is 0. The molecule has 0 aliphatic rings. The number of hydrogen-bond donors (Lipinski definition) is 1. The number of amides is 1. The van der Waals surface area contributed by atoms with Gasteiger partial charge in [-0.3, -0.25) is 9.10 Å². The standard InChI is InChI=1S/C29H36N2O4S/c1-19(2)26-17-27(22(5)16-28(26)35-7)23(6)30-29(32)18-31(24-12-8-20(3)9-13-24)36(33,34)25-14-10-21(4)11-15-25/h8-17,19,23H,18H2,1-7H3,(H,30,32)/t23-/m1/s1. The first-order valence-electron chi connectivity index (χ1n) is 12.1. The number of carbonyl (C=O) groups excluding carboxylic acids is 1. The van der Waals surface area contributed by atoms with Gasteiger partial charge in [-0.2, -0.15) is 0 Å². The summed E-state index contributed by atoms with van der Waals surface area (Å²) in [5.41, 5.74) is 5.41. The van der Waals surface area contributed by atoms with E-state index in [-0.39, 0.29) is 29.3 Å². The van der Waals surface area contributed by atoms with E-state index in [0.717, 1.165) is 33.6 Å². The minimum Gasteiger partial charge on any atom is -0.496 e. The van der Waals surface area contributed by atoms with Crippen LogP contribution in [0.2, 0.25) is 0 Å². The maximum absolute atomic E-state index is 13.6. The van der Waals surface area contributed by atoms with Gasteiger partial charge in [-0.25, -0.2) is 8.42 Å². The van der Waals surface area contributed by atoms with E-state index in [4.69, 9.17) is 4.74 Å². The monoisotopic (exact) mass is 508 g/mol. The Hall–Kier alpha value is -3.32. The van der Waals surface area contributed by atoms with Gasteiger partial charge in [0.15, 0.2) is 0 Å². The number of ether oxygens (including phenoxy) is 1. The van der Waals surface area contributed by atoms with Gasteiger partial charge in [0.05, 0.1) is 23.7 Å². The third-order valence-corrected chi connectivity index (χ3v) is 8.09. The molecular formula is C29H36N2O4S. The van der Waals surface area contributed by atoms with Crippen molar-refractivity contribution >= 4 is 21.6 Å². The highest BCUT2D eigenvalue weighted by molar-refractivity contribution is 7.92. The minimum atomic E-state index is -3.96. The second-order valence-corrected chi connectivity index (χ2v) is 11.4. The molecule has 6 nitrogen and oxygen atoms in total. The van der Waals surface area contributed by atoms with Gasteiger partial charge in [0.1, 0.15) is 12.3 Å². The fourth-order valence-corrected chi connectivity index (χ4v) is 5.59. The molecule has 3 aromatic rings. The zero-order valence-electron chi connectivity index (χ0n) is 22.1. The maximum Gasteiger partial charge on any atom is 0.264 e. The fraction of sp³-hybridized carbons (Fsp3) is 0.345. The van der Waals surface area contributed by atoms with Crippen LogP contribution in [0.15, 0.2) is 65.6 Å². The van der Waals surface area contributed by atoms with E-state index in [1.807, 2.05) is 45.9 Å². The second-order valence-electron chi connectivity index (χ2n) is 9.55. The first-order valence-corrected chi connectivity index (χ1v) is 13.5. The van der Waals surface area contributed by atoms with Crippen LogP contribution < -0.4 is 14.4 Å². The largest absolute Gasteiger partial charge is 0.496 e. The first-order chi connectivity index (χ1) is 16.9. The molecule has 0 saturated carbocycles. The molecule has 0 saturated heterocycles. The molecule has 0 aliphatic heterocycles. The van der Waals surface area contributed by atoms with Gasteiger partial charge in [-0.05, 0) is 86.7 Å². The Morgan fingerprint density at radius 1 is 0.889 bits per heavy atom. The quantitative estimate of drug-likeness (QED) is 0.395. The molecule has 192 valence electrons. The van der Waals surface area contributed by atoms with Crippen molar-refractivity contribution < 1.29 is 17.9 Å². The topological polar surface area (TPSA) is 75.7 Å². The van der Waals surface area contributed by atoms with Gasteiger partial charge in [-0.15, -0.1) is 0 Å². The molecule has 7 heteroatoms. The highest BCUT2D eigenvalue weighted by Gasteiger charge is 2.28. The van der Waals surface area contributed by atoms with E-state index >= 15 is 0 Å². The second kappa shape index (κ2) is 11.2. The lowest BCUT2D eigenvalue weighted by molar-refractivity contribution is -0.120. The van der Waals surface area contributed by atoms with Crippen LogP contribution in [0.3, 0.4) is 0 Å². The molecule has 0 aliphatic carbocycles. The Kier molecular flexibility index (Phi) is 8.46. The van der Waals surface area contributed by atoms with Crippen LogP contribution in [0.5, 0.6) is 5.75 Å². The van der Waals surface area contributed by atoms with E-state index in [2.05, 4.69) is 25.2 Å². The van der Waals surface area contributed by atoms with Crippen LogP contribution >= 0.6 is 0 Å². The summed E-state index contributed by atoms with van der Waals surface area (Å²) in [5.74, 6) is 0.679. The number of methoxy groups -OCH3 is 1. The number of nitrogens with one attached hydrogen (secondary N) is 1. The number of aryl methyl sites for hydroxylation is 3. The Morgan fingerprint density at radius 3 is 1.97 bits per heavy atom. The summed E-state index contributed by atoms with van der Waals surface area (Å²) in [6, 6.07) is 17.5. The number of carbonyl (C=O) groups is 1. The van der Waals surface area contributed by atoms with Gasteiger partial charge < -0.3 is 10.1 Å². The third kappa shape index (κ3) is 6.08. The molecule has 0 unspecified atom stereocenters. The molecule has 1 amide bonds. The maximum atomic E-state index is 13.6. The third-order valence-electron chi connectivity index (χ3n) is 6.30. The molecule has 0 radical (unpaired) electrons. The van der Waals surface area contributed by atoms with Gasteiger partial charge in [0.2, 0.25) is 5.91 Å². The smallest absolute Gasteiger partial charge is 0.264 e. The van der Waals surface area contributed by atoms with Crippen molar-refractivity contribution in [3.63, 3.8) is 0 Å². The summed E-state index contributed by atoms with van der Waals surface area (Å²) in [7, 11) is -2.31. The zero-order chi connectivity index (χ0) is 26.6. The lowest BCUT2D eigenvalue weighted by Gasteiger charge is -2.26. The average molecular weight is 509 g/mol. The first kappa shape index (κ1) is 27.3. The summed E-state index contributed by atoms with van der Waals surface area (Å²) in [4.78, 5) is 13.4. The molecule has 3 aromatic carbocycles. The van der Waals surface area contributed by atoms with Gasteiger partial charge in [-0.1, -0.05) is 49.2 Å². The van der Waals surface area contributed by atoms with Gasteiger partial charge >= 0.3 is 0 Å². The molecule has 1 N–H and O–H groups in total. The van der Waals surface area contributed by atoms with E-state index < -0.39 is 10.0 Å². The van der Waals surface area contributed by atoms with Crippen molar-refractivity contribution in [2.45, 2.75) is 58.4 Å². The number of rotatable bonds is 9. The molecule has 0 aromatic heterocycles. The zero-order valence-corrected chi connectivity index (χ0v) is 22.9. The Balaban J connectivity index is 1.91. The van der Waals surface area contributed by atoms with Crippen LogP contribution in [0.4, 0.5) is 5.69 Å². The molecule has 3 rings (SSSR count). The van der Waals surface area contributed by atoms with Crippen LogP contribution in [0, 0.1) is 20.8 Å². The normalized spacial score (nSPS) is 12.3. The fourth-order valence-electron chi connectivity index (χ4n) is 4.17. The van der Waals surface area contributed by atoms with Gasteiger partial charge in [0, 0.05) is 0 Å². The summed E-state index contributed by atoms with van der Waals surface area (Å²) in [5, 5.41) is 3.00. The van der Waals surface area contributed by atoms with E-state index in [1.54, 1.807) is 43.5 Å². The number of benzene rings is 3. The van der Waals surface area contributed by atoms with Crippen LogP contribution in [0.1, 0.15) is 60.5 Å². The Morgan fingerprint density at radius 2 is 1.44 bits per heavy atom. The van der Waals surface area contributed by atoms with E-state index in [9.17, 15) is 13.2 Å². The Bertz CT molecular complexity index is 1310. The van der Waals surface area contributed by atoms with Crippen LogP contribution in [-0.2, 0) is 14.8 Å². The number of nitrogens with zero attached hydrogens (tertiary/aromatic N) is 1. The van der Waals surface area contributed by atoms with Crippen molar-refractivity contribution in [1.82, 2.24) is 5.32 Å². The lowest BCUT2D eigenvalue weighted by atomic mass is 9.93. The molecular weight excluding hydrogens is 472 g/mol. The van der Waals surface area contributed by atoms with Crippen molar-refractivity contribution in [3.05, 3.63) is 88.5 Å². The van der Waals surface area contributed by atoms with Crippen LogP contribution in [-0.4, -0.2) is 28.0 Å². The van der Waals surface area contributed by atoms with Crippen molar-refractivity contribution in [3.8, 4) is 5.75 Å². The summed E-state index contributed by atoms with van der Waals surface area (Å²) in [6.07, 6.45) is 0. The SMILES string of the molecule is COc1cc(C)c([C@@H](C)NC(=O)CN(c2ccc(C)cc2)S(=O)(=O)c2ccc(C)cc2)cc1C(C)C. The predicted octanol–water partition coefficient (Wildman–Crippen LogP) is 5.82. The van der Waals surface area contributed by atoms with Crippen molar-refractivity contribution in [2.24, 2.45) is 0 Å². The molecule has 1 atom stereocenters. The number of sulfonamides is 1. The number of anilines is 1.